The molecule has 0 fully saturated rings. The molecule has 0 aliphatic carbocycles. The normalized spacial score (nSPS) is 12.3. The Balaban J connectivity index is 4.26. The van der Waals surface area contributed by atoms with E-state index in [9.17, 15) is 14.4 Å². The highest BCUT2D eigenvalue weighted by molar-refractivity contribution is 5.71. The summed E-state index contributed by atoms with van der Waals surface area (Å²) < 4.78 is 16.8. The molecule has 0 aromatic heterocycles. The fourth-order valence-electron chi connectivity index (χ4n) is 8.28. The zero-order valence-corrected chi connectivity index (χ0v) is 44.0. The lowest BCUT2D eigenvalue weighted by Crippen LogP contribution is -2.30. The first-order valence-electron chi connectivity index (χ1n) is 28.6. The highest BCUT2D eigenvalue weighted by atomic mass is 16.6. The van der Waals surface area contributed by atoms with Gasteiger partial charge in [0.15, 0.2) is 6.10 Å². The molecule has 0 radical (unpaired) electrons. The second-order valence-electron chi connectivity index (χ2n) is 19.2. The second-order valence-corrected chi connectivity index (χ2v) is 19.2. The number of carbonyl (C=O) groups is 3. The van der Waals surface area contributed by atoms with E-state index in [1.807, 2.05) is 0 Å². The topological polar surface area (TPSA) is 78.9 Å². The Morgan fingerprint density at radius 3 is 0.955 bits per heavy atom. The van der Waals surface area contributed by atoms with Crippen LogP contribution >= 0.6 is 0 Å². The Bertz CT molecular complexity index is 1150. The van der Waals surface area contributed by atoms with Gasteiger partial charge in [-0.25, -0.2) is 0 Å². The largest absolute Gasteiger partial charge is 0.462 e. The zero-order valence-electron chi connectivity index (χ0n) is 44.0. The van der Waals surface area contributed by atoms with Gasteiger partial charge >= 0.3 is 17.9 Å². The molecule has 6 nitrogen and oxygen atoms in total. The van der Waals surface area contributed by atoms with Crippen LogP contribution in [0.5, 0.6) is 0 Å². The monoisotopic (exact) mass is 925 g/mol. The molecule has 0 spiro atoms. The minimum Gasteiger partial charge on any atom is -0.462 e. The van der Waals surface area contributed by atoms with Crippen LogP contribution in [-0.2, 0) is 28.6 Å². The number of hydrogen-bond acceptors (Lipinski definition) is 6. The summed E-state index contributed by atoms with van der Waals surface area (Å²) in [5, 5.41) is 0. The number of unbranched alkanes of at least 4 members (excludes halogenated alkanes) is 33. The van der Waals surface area contributed by atoms with E-state index in [-0.39, 0.29) is 31.1 Å². The maximum atomic E-state index is 12.8. The highest BCUT2D eigenvalue weighted by Crippen LogP contribution is 2.16. The molecule has 0 aliphatic rings. The van der Waals surface area contributed by atoms with E-state index in [1.165, 1.54) is 173 Å². The number of allylic oxidation sites excluding steroid dienone is 8. The maximum absolute atomic E-state index is 12.8. The Kier molecular flexibility index (Phi) is 52.8. The first-order valence-corrected chi connectivity index (χ1v) is 28.6. The summed E-state index contributed by atoms with van der Waals surface area (Å²) in [6.45, 7) is 6.52. The zero-order chi connectivity index (χ0) is 47.9. The second kappa shape index (κ2) is 55.0. The van der Waals surface area contributed by atoms with Crippen molar-refractivity contribution in [2.45, 2.75) is 303 Å². The molecule has 0 N–H and O–H groups in total. The van der Waals surface area contributed by atoms with Gasteiger partial charge in [0.1, 0.15) is 13.2 Å². The number of rotatable bonds is 52. The molecule has 0 saturated heterocycles. The quantitative estimate of drug-likeness (QED) is 0.0262. The third-order valence-corrected chi connectivity index (χ3v) is 12.6. The van der Waals surface area contributed by atoms with Crippen molar-refractivity contribution in [1.82, 2.24) is 0 Å². The standard InChI is InChI=1S/C60H108O6/c1-4-7-10-13-16-19-22-25-26-27-28-29-30-31-32-33-34-36-38-41-44-47-50-53-59(62)65-56-57(55-64-58(61)52-49-46-43-40-37-24-21-18-15-12-9-6-3)66-60(63)54-51-48-45-42-39-35-23-20-17-14-11-8-5-2/h8,11,17,20,27-28,35,39,57H,4-7,9-10,12-16,18-19,21-26,29-34,36-38,40-56H2,1-3H3/b11-8-,20-17-,28-27-,39-35-. The Morgan fingerprint density at radius 1 is 0.318 bits per heavy atom. The van der Waals surface area contributed by atoms with Crippen molar-refractivity contribution in [1.29, 1.82) is 0 Å². The van der Waals surface area contributed by atoms with Crippen molar-refractivity contribution in [3.05, 3.63) is 48.6 Å². The lowest BCUT2D eigenvalue weighted by atomic mass is 10.0. The van der Waals surface area contributed by atoms with E-state index < -0.39 is 6.10 Å². The fraction of sp³-hybridized carbons (Fsp3) is 0.817. The van der Waals surface area contributed by atoms with Gasteiger partial charge in [-0.2, -0.15) is 0 Å². The molecule has 0 aliphatic heterocycles. The molecule has 384 valence electrons. The van der Waals surface area contributed by atoms with Crippen molar-refractivity contribution in [2.24, 2.45) is 0 Å². The van der Waals surface area contributed by atoms with Crippen LogP contribution < -0.4 is 0 Å². The van der Waals surface area contributed by atoms with Crippen LogP contribution in [-0.4, -0.2) is 37.2 Å². The predicted octanol–water partition coefficient (Wildman–Crippen LogP) is 19.0. The van der Waals surface area contributed by atoms with Gasteiger partial charge in [0, 0.05) is 19.3 Å². The SMILES string of the molecule is CC/C=C\C/C=C\C/C=C\CCCCCC(=O)OC(COC(=O)CCCCCCCCCCCCCC)COC(=O)CCCCCCCCCCCCC/C=C\CCCCCCCCCC. The van der Waals surface area contributed by atoms with Gasteiger partial charge in [-0.3, -0.25) is 14.4 Å². The smallest absolute Gasteiger partial charge is 0.306 e. The van der Waals surface area contributed by atoms with Crippen LogP contribution in [0.1, 0.15) is 297 Å². The Morgan fingerprint density at radius 2 is 0.591 bits per heavy atom. The van der Waals surface area contributed by atoms with Crippen molar-refractivity contribution in [3.63, 3.8) is 0 Å². The van der Waals surface area contributed by atoms with Crippen LogP contribution in [0.4, 0.5) is 0 Å². The minimum absolute atomic E-state index is 0.0823. The molecule has 0 rings (SSSR count). The van der Waals surface area contributed by atoms with E-state index in [4.69, 9.17) is 14.2 Å². The number of hydrogen-bond donors (Lipinski definition) is 0. The van der Waals surface area contributed by atoms with Crippen LogP contribution in [0, 0.1) is 0 Å². The summed E-state index contributed by atoms with van der Waals surface area (Å²) in [5.41, 5.74) is 0. The van der Waals surface area contributed by atoms with E-state index in [0.29, 0.717) is 19.3 Å². The minimum atomic E-state index is -0.785. The van der Waals surface area contributed by atoms with Gasteiger partial charge in [-0.15, -0.1) is 0 Å². The summed E-state index contributed by atoms with van der Waals surface area (Å²) in [6.07, 6.45) is 66.9. The van der Waals surface area contributed by atoms with Crippen LogP contribution in [0.3, 0.4) is 0 Å². The van der Waals surface area contributed by atoms with Crippen molar-refractivity contribution in [2.75, 3.05) is 13.2 Å². The first kappa shape index (κ1) is 63.4. The van der Waals surface area contributed by atoms with Crippen LogP contribution in [0.15, 0.2) is 48.6 Å². The molecule has 0 aromatic carbocycles. The number of ether oxygens (including phenoxy) is 3. The fourth-order valence-corrected chi connectivity index (χ4v) is 8.28. The molecule has 0 saturated carbocycles. The van der Waals surface area contributed by atoms with Gasteiger partial charge in [-0.1, -0.05) is 249 Å². The molecule has 0 heterocycles. The van der Waals surface area contributed by atoms with Crippen molar-refractivity contribution >= 4 is 17.9 Å². The molecule has 1 unspecified atom stereocenters. The van der Waals surface area contributed by atoms with Crippen molar-refractivity contribution < 1.29 is 28.6 Å². The van der Waals surface area contributed by atoms with Gasteiger partial charge in [0.2, 0.25) is 0 Å². The summed E-state index contributed by atoms with van der Waals surface area (Å²) >= 11 is 0. The van der Waals surface area contributed by atoms with E-state index in [1.54, 1.807) is 0 Å². The maximum Gasteiger partial charge on any atom is 0.306 e. The van der Waals surface area contributed by atoms with Crippen LogP contribution in [0.2, 0.25) is 0 Å². The van der Waals surface area contributed by atoms with E-state index >= 15 is 0 Å². The Labute approximate surface area is 409 Å². The van der Waals surface area contributed by atoms with E-state index in [0.717, 1.165) is 83.5 Å². The molecule has 0 aromatic rings. The molecule has 6 heteroatoms. The third-order valence-electron chi connectivity index (χ3n) is 12.6. The molecule has 1 atom stereocenters. The van der Waals surface area contributed by atoms with Gasteiger partial charge in [0.25, 0.3) is 0 Å². The summed E-state index contributed by atoms with van der Waals surface area (Å²) in [6, 6.07) is 0. The molecule has 66 heavy (non-hydrogen) atoms. The van der Waals surface area contributed by atoms with Gasteiger partial charge < -0.3 is 14.2 Å². The van der Waals surface area contributed by atoms with Crippen molar-refractivity contribution in [3.8, 4) is 0 Å². The van der Waals surface area contributed by atoms with Gasteiger partial charge in [0.05, 0.1) is 0 Å². The lowest BCUT2D eigenvalue weighted by Gasteiger charge is -2.18. The lowest BCUT2D eigenvalue weighted by molar-refractivity contribution is -0.167. The van der Waals surface area contributed by atoms with Gasteiger partial charge in [-0.05, 0) is 77.0 Å². The first-order chi connectivity index (χ1) is 32.5. The molecule has 0 bridgehead atoms. The third kappa shape index (κ3) is 52.3. The highest BCUT2D eigenvalue weighted by Gasteiger charge is 2.19. The molecule has 0 amide bonds. The molecular weight excluding hydrogens is 817 g/mol. The van der Waals surface area contributed by atoms with E-state index in [2.05, 4.69) is 69.4 Å². The summed E-state index contributed by atoms with van der Waals surface area (Å²) in [4.78, 5) is 38.0. The average molecular weight is 926 g/mol. The number of esters is 3. The number of carbonyl (C=O) groups excluding carboxylic acids is 3. The molecular formula is C60H108O6. The Hall–Kier alpha value is -2.63. The summed E-state index contributed by atoms with van der Waals surface area (Å²) in [5.74, 6) is -0.901. The predicted molar refractivity (Wildman–Crippen MR) is 284 cm³/mol. The summed E-state index contributed by atoms with van der Waals surface area (Å²) in [7, 11) is 0. The average Bonchev–Trinajstić information content (AvgIpc) is 3.31. The van der Waals surface area contributed by atoms with Crippen LogP contribution in [0.25, 0.3) is 0 Å².